The van der Waals surface area contributed by atoms with Gasteiger partial charge >= 0.3 is 5.97 Å². The molecule has 0 aromatic heterocycles. The molecule has 0 fully saturated rings. The Balaban J connectivity index is 1.93. The van der Waals surface area contributed by atoms with Crippen molar-refractivity contribution in [1.82, 2.24) is 0 Å². The van der Waals surface area contributed by atoms with Crippen LogP contribution in [-0.4, -0.2) is 25.6 Å². The van der Waals surface area contributed by atoms with E-state index in [0.717, 1.165) is 0 Å². The monoisotopic (exact) mass is 353 g/mol. The number of methoxy groups -OCH3 is 1. The smallest absolute Gasteiger partial charge is 0.340 e. The van der Waals surface area contributed by atoms with Crippen molar-refractivity contribution in [2.45, 2.75) is 0 Å². The molecule has 0 aliphatic rings. The number of carbonyl (C=O) groups excluding carboxylic acids is 2. The average Bonchev–Trinajstić information content (AvgIpc) is 2.55. The Labute approximate surface area is 143 Å². The molecule has 0 saturated carbocycles. The van der Waals surface area contributed by atoms with E-state index in [0.29, 0.717) is 11.4 Å². The molecular weight excluding hydrogens is 341 g/mol. The lowest BCUT2D eigenvalue weighted by Crippen LogP contribution is -2.21. The number of rotatable bonds is 5. The number of ether oxygens (including phenoxy) is 2. The molecule has 0 aliphatic carbocycles. The number of esters is 1. The summed E-state index contributed by atoms with van der Waals surface area (Å²) in [5, 5.41) is 2.92. The molecule has 2 rings (SSSR count). The second-order valence-electron chi connectivity index (χ2n) is 4.46. The summed E-state index contributed by atoms with van der Waals surface area (Å²) in [6.45, 7) is -0.446. The molecular formula is C16H13Cl2NO4. The Kier molecular flexibility index (Phi) is 5.84. The number of hydrogen-bond donors (Lipinski definition) is 1. The Morgan fingerprint density at radius 3 is 2.61 bits per heavy atom. The van der Waals surface area contributed by atoms with Gasteiger partial charge in [-0.25, -0.2) is 4.79 Å². The average molecular weight is 354 g/mol. The molecule has 0 spiro atoms. The van der Waals surface area contributed by atoms with Crippen LogP contribution in [0, 0.1) is 0 Å². The highest BCUT2D eigenvalue weighted by Crippen LogP contribution is 2.26. The van der Waals surface area contributed by atoms with E-state index in [9.17, 15) is 9.59 Å². The van der Waals surface area contributed by atoms with E-state index in [1.54, 1.807) is 36.4 Å². The number of amides is 1. The number of nitrogens with one attached hydrogen (secondary N) is 1. The highest BCUT2D eigenvalue weighted by Gasteiger charge is 2.15. The van der Waals surface area contributed by atoms with Crippen molar-refractivity contribution in [2.24, 2.45) is 0 Å². The number of carbonyl (C=O) groups is 2. The van der Waals surface area contributed by atoms with Crippen LogP contribution in [0.5, 0.6) is 5.75 Å². The van der Waals surface area contributed by atoms with Crippen LogP contribution < -0.4 is 10.1 Å². The van der Waals surface area contributed by atoms with E-state index < -0.39 is 18.5 Å². The lowest BCUT2D eigenvalue weighted by atomic mass is 10.2. The minimum absolute atomic E-state index is 0.0902. The van der Waals surface area contributed by atoms with Crippen molar-refractivity contribution in [3.63, 3.8) is 0 Å². The van der Waals surface area contributed by atoms with Crippen molar-refractivity contribution < 1.29 is 19.1 Å². The third-order valence-corrected chi connectivity index (χ3v) is 3.68. The van der Waals surface area contributed by atoms with Crippen LogP contribution in [0.25, 0.3) is 0 Å². The third kappa shape index (κ3) is 4.61. The minimum Gasteiger partial charge on any atom is -0.497 e. The van der Waals surface area contributed by atoms with Gasteiger partial charge in [-0.15, -0.1) is 0 Å². The zero-order valence-corrected chi connectivity index (χ0v) is 13.6. The highest BCUT2D eigenvalue weighted by molar-refractivity contribution is 6.43. The lowest BCUT2D eigenvalue weighted by molar-refractivity contribution is -0.119. The molecule has 1 N–H and O–H groups in total. The molecule has 0 atom stereocenters. The zero-order valence-electron chi connectivity index (χ0n) is 12.1. The van der Waals surface area contributed by atoms with E-state index in [1.807, 2.05) is 0 Å². The topological polar surface area (TPSA) is 64.6 Å². The van der Waals surface area contributed by atoms with Crippen LogP contribution in [0.4, 0.5) is 5.69 Å². The minimum atomic E-state index is -0.724. The molecule has 1 amide bonds. The highest BCUT2D eigenvalue weighted by atomic mass is 35.5. The van der Waals surface area contributed by atoms with Gasteiger partial charge in [0, 0.05) is 11.8 Å². The van der Waals surface area contributed by atoms with Gasteiger partial charge in [-0.2, -0.15) is 0 Å². The van der Waals surface area contributed by atoms with Gasteiger partial charge in [-0.05, 0) is 24.3 Å². The molecule has 0 saturated heterocycles. The summed E-state index contributed by atoms with van der Waals surface area (Å²) in [6, 6.07) is 11.4. The van der Waals surface area contributed by atoms with Crippen LogP contribution in [-0.2, 0) is 9.53 Å². The van der Waals surface area contributed by atoms with Crippen molar-refractivity contribution >= 4 is 40.8 Å². The Morgan fingerprint density at radius 1 is 1.13 bits per heavy atom. The first-order valence-corrected chi connectivity index (χ1v) is 7.32. The van der Waals surface area contributed by atoms with Crippen LogP contribution in [0.2, 0.25) is 10.0 Å². The summed E-state index contributed by atoms with van der Waals surface area (Å²) < 4.78 is 9.98. The molecule has 0 bridgehead atoms. The van der Waals surface area contributed by atoms with Crippen molar-refractivity contribution in [3.8, 4) is 5.75 Å². The van der Waals surface area contributed by atoms with Crippen LogP contribution in [0.3, 0.4) is 0 Å². The van der Waals surface area contributed by atoms with E-state index in [2.05, 4.69) is 5.32 Å². The maximum Gasteiger partial charge on any atom is 0.340 e. The first kappa shape index (κ1) is 17.1. The Bertz CT molecular complexity index is 734. The molecule has 23 heavy (non-hydrogen) atoms. The van der Waals surface area contributed by atoms with Gasteiger partial charge in [0.25, 0.3) is 5.91 Å². The maximum absolute atomic E-state index is 11.9. The number of benzene rings is 2. The van der Waals surface area contributed by atoms with Gasteiger partial charge in [0.15, 0.2) is 6.61 Å². The first-order chi connectivity index (χ1) is 11.0. The lowest BCUT2D eigenvalue weighted by Gasteiger charge is -2.09. The van der Waals surface area contributed by atoms with E-state index in [-0.39, 0.29) is 15.6 Å². The van der Waals surface area contributed by atoms with Gasteiger partial charge in [-0.1, -0.05) is 35.3 Å². The predicted octanol–water partition coefficient (Wildman–Crippen LogP) is 3.80. The van der Waals surface area contributed by atoms with Crippen LogP contribution in [0.1, 0.15) is 10.4 Å². The van der Waals surface area contributed by atoms with Gasteiger partial charge in [-0.3, -0.25) is 4.79 Å². The van der Waals surface area contributed by atoms with Crippen molar-refractivity contribution in [1.29, 1.82) is 0 Å². The maximum atomic E-state index is 11.9. The molecule has 0 unspecified atom stereocenters. The summed E-state index contributed by atoms with van der Waals surface area (Å²) in [6.07, 6.45) is 0. The molecule has 120 valence electrons. The van der Waals surface area contributed by atoms with Gasteiger partial charge in [0.2, 0.25) is 0 Å². The van der Waals surface area contributed by atoms with Crippen molar-refractivity contribution in [3.05, 3.63) is 58.1 Å². The van der Waals surface area contributed by atoms with Gasteiger partial charge < -0.3 is 14.8 Å². The SMILES string of the molecule is COc1cccc(NC(=O)COC(=O)c2cccc(Cl)c2Cl)c1. The fraction of sp³-hybridized carbons (Fsp3) is 0.125. The molecule has 0 heterocycles. The quantitative estimate of drug-likeness (QED) is 0.830. The summed E-state index contributed by atoms with van der Waals surface area (Å²) in [4.78, 5) is 23.7. The summed E-state index contributed by atoms with van der Waals surface area (Å²) >= 11 is 11.7. The van der Waals surface area contributed by atoms with Crippen molar-refractivity contribution in [2.75, 3.05) is 19.0 Å². The number of halogens is 2. The Morgan fingerprint density at radius 2 is 1.87 bits per heavy atom. The third-order valence-electron chi connectivity index (χ3n) is 2.86. The molecule has 5 nitrogen and oxygen atoms in total. The second-order valence-corrected chi connectivity index (χ2v) is 5.24. The second kappa shape index (κ2) is 7.85. The van der Waals surface area contributed by atoms with Crippen LogP contribution >= 0.6 is 23.2 Å². The van der Waals surface area contributed by atoms with E-state index in [4.69, 9.17) is 32.7 Å². The van der Waals surface area contributed by atoms with E-state index >= 15 is 0 Å². The molecule has 2 aromatic rings. The zero-order chi connectivity index (χ0) is 16.8. The summed E-state index contributed by atoms with van der Waals surface area (Å²) in [5.74, 6) is -0.603. The number of anilines is 1. The van der Waals surface area contributed by atoms with Crippen LogP contribution in [0.15, 0.2) is 42.5 Å². The van der Waals surface area contributed by atoms with Gasteiger partial charge in [0.05, 0.1) is 22.7 Å². The predicted molar refractivity (Wildman–Crippen MR) is 88.4 cm³/mol. The normalized spacial score (nSPS) is 10.0. The fourth-order valence-electron chi connectivity index (χ4n) is 1.77. The summed E-state index contributed by atoms with van der Waals surface area (Å²) in [7, 11) is 1.53. The fourth-order valence-corrected chi connectivity index (χ4v) is 2.15. The number of hydrogen-bond acceptors (Lipinski definition) is 4. The largest absolute Gasteiger partial charge is 0.497 e. The summed E-state index contributed by atoms with van der Waals surface area (Å²) in [5.41, 5.74) is 0.638. The molecule has 2 aromatic carbocycles. The standard InChI is InChI=1S/C16H13Cl2NO4/c1-22-11-5-2-4-10(8-11)19-14(20)9-23-16(21)12-6-3-7-13(17)15(12)18/h2-8H,9H2,1H3,(H,19,20). The molecule has 0 aliphatic heterocycles. The van der Waals surface area contributed by atoms with E-state index in [1.165, 1.54) is 13.2 Å². The molecule has 7 heteroatoms. The first-order valence-electron chi connectivity index (χ1n) is 6.56. The van der Waals surface area contributed by atoms with Gasteiger partial charge in [0.1, 0.15) is 5.75 Å². The molecule has 0 radical (unpaired) electrons. The Hall–Kier alpha value is -2.24.